The summed E-state index contributed by atoms with van der Waals surface area (Å²) in [6.45, 7) is 0.955. The zero-order valence-corrected chi connectivity index (χ0v) is 12.0. The van der Waals surface area contributed by atoms with E-state index in [1.807, 2.05) is 0 Å². The Bertz CT molecular complexity index is 506. The molecule has 3 unspecified atom stereocenters. The van der Waals surface area contributed by atoms with Crippen LogP contribution < -0.4 is 10.6 Å². The van der Waals surface area contributed by atoms with E-state index in [0.717, 1.165) is 13.0 Å². The summed E-state index contributed by atoms with van der Waals surface area (Å²) in [4.78, 5) is 12.3. The number of halogens is 2. The van der Waals surface area contributed by atoms with E-state index in [1.165, 1.54) is 12.8 Å². The van der Waals surface area contributed by atoms with Gasteiger partial charge < -0.3 is 10.6 Å². The molecule has 3 rings (SSSR count). The van der Waals surface area contributed by atoms with Gasteiger partial charge in [-0.1, -0.05) is 29.6 Å². The first kappa shape index (κ1) is 13.2. The Morgan fingerprint density at radius 3 is 2.95 bits per heavy atom. The molecule has 1 aliphatic carbocycles. The lowest BCUT2D eigenvalue weighted by atomic mass is 9.93. The van der Waals surface area contributed by atoms with E-state index >= 15 is 0 Å². The van der Waals surface area contributed by atoms with Crippen LogP contribution in [0.2, 0.25) is 10.0 Å². The van der Waals surface area contributed by atoms with Crippen molar-refractivity contribution >= 4 is 34.8 Å². The zero-order valence-electron chi connectivity index (χ0n) is 10.5. The first-order valence-corrected chi connectivity index (χ1v) is 7.40. The van der Waals surface area contributed by atoms with Gasteiger partial charge in [-0.2, -0.15) is 0 Å². The molecule has 1 saturated carbocycles. The van der Waals surface area contributed by atoms with Crippen LogP contribution >= 0.6 is 23.2 Å². The molecule has 2 N–H and O–H groups in total. The van der Waals surface area contributed by atoms with Gasteiger partial charge in [-0.05, 0) is 49.4 Å². The van der Waals surface area contributed by atoms with Crippen molar-refractivity contribution in [1.82, 2.24) is 5.32 Å². The molecule has 3 nitrogen and oxygen atoms in total. The Hall–Kier alpha value is -0.770. The Kier molecular flexibility index (Phi) is 3.70. The number of rotatable bonds is 2. The molecule has 5 heteroatoms. The van der Waals surface area contributed by atoms with Crippen LogP contribution in [-0.4, -0.2) is 18.5 Å². The molecule has 2 aliphatic rings. The number of carbonyl (C=O) groups excluding carboxylic acids is 1. The third-order valence-corrected chi connectivity index (χ3v) is 4.77. The third-order valence-electron chi connectivity index (χ3n) is 4.22. The molecule has 1 aromatic rings. The number of hydrogen-bond acceptors (Lipinski definition) is 2. The number of nitrogens with one attached hydrogen (secondary N) is 2. The molecule has 0 radical (unpaired) electrons. The van der Waals surface area contributed by atoms with Gasteiger partial charge in [0.05, 0.1) is 16.8 Å². The molecule has 1 heterocycles. The molecule has 0 aromatic heterocycles. The van der Waals surface area contributed by atoms with Gasteiger partial charge >= 0.3 is 0 Å². The second-order valence-corrected chi connectivity index (χ2v) is 6.20. The second-order valence-electron chi connectivity index (χ2n) is 5.35. The minimum absolute atomic E-state index is 0.0126. The molecule has 1 saturated heterocycles. The highest BCUT2D eigenvalue weighted by molar-refractivity contribution is 6.36. The molecular weight excluding hydrogens is 283 g/mol. The zero-order chi connectivity index (χ0) is 13.4. The fourth-order valence-electron chi connectivity index (χ4n) is 3.28. The first-order chi connectivity index (χ1) is 9.15. The standard InChI is InChI=1S/C14H16Cl2N2O/c15-9-4-5-12(11(16)6-9)18-14(19)13-10-3-1-2-8(10)7-17-13/h4-6,8,10,13,17H,1-3,7H2,(H,18,19). The topological polar surface area (TPSA) is 41.1 Å². The van der Waals surface area contributed by atoms with E-state index < -0.39 is 0 Å². The maximum Gasteiger partial charge on any atom is 0.241 e. The van der Waals surface area contributed by atoms with Crippen molar-refractivity contribution in [3.63, 3.8) is 0 Å². The minimum atomic E-state index is -0.0840. The van der Waals surface area contributed by atoms with Crippen molar-refractivity contribution < 1.29 is 4.79 Å². The van der Waals surface area contributed by atoms with E-state index in [1.54, 1.807) is 18.2 Å². The Labute approximate surface area is 122 Å². The fraction of sp³-hybridized carbons (Fsp3) is 0.500. The lowest BCUT2D eigenvalue weighted by molar-refractivity contribution is -0.118. The van der Waals surface area contributed by atoms with Crippen LogP contribution in [0.15, 0.2) is 18.2 Å². The van der Waals surface area contributed by atoms with Gasteiger partial charge in [-0.25, -0.2) is 0 Å². The number of hydrogen-bond donors (Lipinski definition) is 2. The maximum absolute atomic E-state index is 12.3. The smallest absolute Gasteiger partial charge is 0.241 e. The van der Waals surface area contributed by atoms with E-state index in [-0.39, 0.29) is 11.9 Å². The summed E-state index contributed by atoms with van der Waals surface area (Å²) in [6, 6.07) is 5.02. The molecule has 102 valence electrons. The lowest BCUT2D eigenvalue weighted by Crippen LogP contribution is -2.39. The summed E-state index contributed by atoms with van der Waals surface area (Å²) in [5, 5.41) is 7.27. The predicted octanol–water partition coefficient (Wildman–Crippen LogP) is 3.32. The van der Waals surface area contributed by atoms with E-state index in [4.69, 9.17) is 23.2 Å². The summed E-state index contributed by atoms with van der Waals surface area (Å²) in [5.74, 6) is 1.15. The van der Waals surface area contributed by atoms with Crippen LogP contribution in [-0.2, 0) is 4.79 Å². The summed E-state index contributed by atoms with van der Waals surface area (Å²) >= 11 is 11.9. The molecule has 1 amide bonds. The lowest BCUT2D eigenvalue weighted by Gasteiger charge is -2.18. The molecule has 0 spiro atoms. The van der Waals surface area contributed by atoms with Gasteiger partial charge in [-0.15, -0.1) is 0 Å². The molecule has 1 aromatic carbocycles. The van der Waals surface area contributed by atoms with Crippen molar-refractivity contribution in [3.8, 4) is 0 Å². The van der Waals surface area contributed by atoms with Crippen LogP contribution in [0.4, 0.5) is 5.69 Å². The summed E-state index contributed by atoms with van der Waals surface area (Å²) in [6.07, 6.45) is 3.62. The molecule has 0 bridgehead atoms. The number of carbonyl (C=O) groups is 1. The van der Waals surface area contributed by atoms with Crippen LogP contribution in [0.1, 0.15) is 19.3 Å². The van der Waals surface area contributed by atoms with Crippen molar-refractivity contribution in [1.29, 1.82) is 0 Å². The van der Waals surface area contributed by atoms with Crippen LogP contribution in [0, 0.1) is 11.8 Å². The third kappa shape index (κ3) is 2.60. The second kappa shape index (κ2) is 5.31. The fourth-order valence-corrected chi connectivity index (χ4v) is 3.73. The van der Waals surface area contributed by atoms with Gasteiger partial charge in [0, 0.05) is 5.02 Å². The van der Waals surface area contributed by atoms with Crippen molar-refractivity contribution in [3.05, 3.63) is 28.2 Å². The highest BCUT2D eigenvalue weighted by atomic mass is 35.5. The first-order valence-electron chi connectivity index (χ1n) is 6.64. The maximum atomic E-state index is 12.3. The molecule has 1 aliphatic heterocycles. The van der Waals surface area contributed by atoms with Gasteiger partial charge in [0.15, 0.2) is 0 Å². The highest BCUT2D eigenvalue weighted by Crippen LogP contribution is 2.38. The van der Waals surface area contributed by atoms with Crippen molar-refractivity contribution in [2.45, 2.75) is 25.3 Å². The van der Waals surface area contributed by atoms with E-state index in [9.17, 15) is 4.79 Å². The average molecular weight is 299 g/mol. The van der Waals surface area contributed by atoms with Crippen LogP contribution in [0.3, 0.4) is 0 Å². The highest BCUT2D eigenvalue weighted by Gasteiger charge is 2.42. The van der Waals surface area contributed by atoms with E-state index in [2.05, 4.69) is 10.6 Å². The van der Waals surface area contributed by atoms with Gasteiger partial charge in [0.2, 0.25) is 5.91 Å². The van der Waals surface area contributed by atoms with Gasteiger partial charge in [0.1, 0.15) is 0 Å². The number of fused-ring (bicyclic) bond motifs is 1. The van der Waals surface area contributed by atoms with Crippen LogP contribution in [0.5, 0.6) is 0 Å². The van der Waals surface area contributed by atoms with Gasteiger partial charge in [0.25, 0.3) is 0 Å². The predicted molar refractivity (Wildman–Crippen MR) is 77.7 cm³/mol. The SMILES string of the molecule is O=C(Nc1ccc(Cl)cc1Cl)C1NCC2CCCC21. The monoisotopic (exact) mass is 298 g/mol. The molecular formula is C14H16Cl2N2O. The number of amides is 1. The van der Waals surface area contributed by atoms with Gasteiger partial charge in [-0.3, -0.25) is 4.79 Å². The van der Waals surface area contributed by atoms with Crippen molar-refractivity contribution in [2.75, 3.05) is 11.9 Å². The minimum Gasteiger partial charge on any atom is -0.323 e. The quantitative estimate of drug-likeness (QED) is 0.879. The Morgan fingerprint density at radius 1 is 1.32 bits per heavy atom. The summed E-state index contributed by atoms with van der Waals surface area (Å²) < 4.78 is 0. The summed E-state index contributed by atoms with van der Waals surface area (Å²) in [5.41, 5.74) is 0.624. The van der Waals surface area contributed by atoms with E-state index in [0.29, 0.717) is 27.6 Å². The van der Waals surface area contributed by atoms with Crippen LogP contribution in [0.25, 0.3) is 0 Å². The summed E-state index contributed by atoms with van der Waals surface area (Å²) in [7, 11) is 0. The number of benzene rings is 1. The average Bonchev–Trinajstić information content (AvgIpc) is 2.94. The Morgan fingerprint density at radius 2 is 2.16 bits per heavy atom. The Balaban J connectivity index is 1.71. The molecule has 3 atom stereocenters. The molecule has 19 heavy (non-hydrogen) atoms. The van der Waals surface area contributed by atoms with Crippen molar-refractivity contribution in [2.24, 2.45) is 11.8 Å². The largest absolute Gasteiger partial charge is 0.323 e. The molecule has 2 fully saturated rings. The normalized spacial score (nSPS) is 29.3. The number of anilines is 1.